The van der Waals surface area contributed by atoms with Crippen LogP contribution in [0.1, 0.15) is 26.7 Å². The van der Waals surface area contributed by atoms with Gasteiger partial charge in [0.1, 0.15) is 0 Å². The molecule has 0 aliphatic rings. The Hall–Kier alpha value is -0.240. The van der Waals surface area contributed by atoms with Crippen LogP contribution in [0.25, 0.3) is 0 Å². The van der Waals surface area contributed by atoms with E-state index in [2.05, 4.69) is 10.6 Å². The SMILES string of the molecule is CSC(SC)=C(C(=O)NC(=S)NCCCCO)C(C)C. The number of hydrogen-bond acceptors (Lipinski definition) is 5. The zero-order valence-corrected chi connectivity index (χ0v) is 14.9. The van der Waals surface area contributed by atoms with Gasteiger partial charge in [-0.3, -0.25) is 10.1 Å². The summed E-state index contributed by atoms with van der Waals surface area (Å²) in [5.74, 6) is 0.000414. The van der Waals surface area contributed by atoms with Gasteiger partial charge in [-0.1, -0.05) is 13.8 Å². The lowest BCUT2D eigenvalue weighted by Gasteiger charge is -2.16. The molecule has 0 heterocycles. The van der Waals surface area contributed by atoms with Crippen molar-refractivity contribution in [3.63, 3.8) is 0 Å². The van der Waals surface area contributed by atoms with Gasteiger partial charge in [0.05, 0.1) is 0 Å². The van der Waals surface area contributed by atoms with Gasteiger partial charge in [-0.05, 0) is 43.5 Å². The van der Waals surface area contributed by atoms with Crippen molar-refractivity contribution in [3.05, 3.63) is 9.81 Å². The van der Waals surface area contributed by atoms with Crippen LogP contribution in [-0.2, 0) is 4.79 Å². The number of aliphatic hydroxyl groups is 1. The number of carbonyl (C=O) groups excluding carboxylic acids is 1. The van der Waals surface area contributed by atoms with Crippen molar-refractivity contribution in [2.24, 2.45) is 5.92 Å². The van der Waals surface area contributed by atoms with Gasteiger partial charge in [0, 0.05) is 23.0 Å². The van der Waals surface area contributed by atoms with E-state index in [0.717, 1.165) is 22.7 Å². The van der Waals surface area contributed by atoms with E-state index in [0.29, 0.717) is 11.7 Å². The normalized spacial score (nSPS) is 10.3. The molecule has 0 fully saturated rings. The Bertz CT molecular complexity index is 352. The summed E-state index contributed by atoms with van der Waals surface area (Å²) in [4.78, 5) is 12.3. The Balaban J connectivity index is 4.55. The highest BCUT2D eigenvalue weighted by Crippen LogP contribution is 2.31. The quantitative estimate of drug-likeness (QED) is 0.359. The summed E-state index contributed by atoms with van der Waals surface area (Å²) in [6, 6.07) is 0. The number of carbonyl (C=O) groups is 1. The molecule has 4 nitrogen and oxygen atoms in total. The molecule has 3 N–H and O–H groups in total. The van der Waals surface area contributed by atoms with Crippen molar-refractivity contribution in [1.82, 2.24) is 10.6 Å². The molecular formula is C13H24N2O2S3. The van der Waals surface area contributed by atoms with Crippen molar-refractivity contribution >= 4 is 46.8 Å². The molecule has 20 heavy (non-hydrogen) atoms. The number of hydrogen-bond donors (Lipinski definition) is 3. The minimum Gasteiger partial charge on any atom is -0.396 e. The zero-order valence-electron chi connectivity index (χ0n) is 12.5. The lowest BCUT2D eigenvalue weighted by molar-refractivity contribution is -0.116. The third kappa shape index (κ3) is 7.52. The number of thioether (sulfide) groups is 2. The van der Waals surface area contributed by atoms with Gasteiger partial charge >= 0.3 is 0 Å². The van der Waals surface area contributed by atoms with Gasteiger partial charge in [-0.15, -0.1) is 23.5 Å². The number of nitrogens with one attached hydrogen (secondary N) is 2. The minimum atomic E-state index is -0.140. The maximum absolute atomic E-state index is 12.3. The predicted octanol–water partition coefficient (Wildman–Crippen LogP) is 2.34. The highest BCUT2D eigenvalue weighted by Gasteiger charge is 2.19. The fraction of sp³-hybridized carbons (Fsp3) is 0.692. The largest absolute Gasteiger partial charge is 0.396 e. The van der Waals surface area contributed by atoms with E-state index in [-0.39, 0.29) is 18.4 Å². The van der Waals surface area contributed by atoms with Crippen LogP contribution in [0.3, 0.4) is 0 Å². The van der Waals surface area contributed by atoms with E-state index in [1.54, 1.807) is 23.5 Å². The van der Waals surface area contributed by atoms with Crippen LogP contribution in [0.5, 0.6) is 0 Å². The van der Waals surface area contributed by atoms with E-state index in [9.17, 15) is 4.79 Å². The molecule has 0 unspecified atom stereocenters. The molecule has 0 bridgehead atoms. The molecule has 0 aliphatic carbocycles. The molecule has 0 saturated carbocycles. The van der Waals surface area contributed by atoms with Gasteiger partial charge in [-0.2, -0.15) is 0 Å². The first kappa shape index (κ1) is 19.8. The average Bonchev–Trinajstić information content (AvgIpc) is 2.39. The van der Waals surface area contributed by atoms with Crippen LogP contribution in [-0.4, -0.2) is 41.8 Å². The molecule has 0 aromatic rings. The zero-order chi connectivity index (χ0) is 15.5. The third-order valence-electron chi connectivity index (χ3n) is 2.51. The molecule has 0 rings (SSSR count). The number of rotatable bonds is 8. The third-order valence-corrected chi connectivity index (χ3v) is 4.94. The second kappa shape index (κ2) is 11.4. The number of unbranched alkanes of at least 4 members (excludes halogenated alkanes) is 1. The van der Waals surface area contributed by atoms with E-state index in [1.165, 1.54) is 0 Å². The number of thiocarbonyl (C=S) groups is 1. The van der Waals surface area contributed by atoms with Crippen molar-refractivity contribution < 1.29 is 9.90 Å². The summed E-state index contributed by atoms with van der Waals surface area (Å²) < 4.78 is 1.01. The van der Waals surface area contributed by atoms with Crippen LogP contribution >= 0.6 is 35.7 Å². The standard InChI is InChI=1S/C13H24N2O2S3/c1-9(2)10(12(19-3)20-4)11(17)15-13(18)14-7-5-6-8-16/h9,16H,5-8H2,1-4H3,(H2,14,15,17,18). The van der Waals surface area contributed by atoms with Crippen LogP contribution in [0.4, 0.5) is 0 Å². The Morgan fingerprint density at radius 1 is 1.25 bits per heavy atom. The highest BCUT2D eigenvalue weighted by atomic mass is 32.2. The van der Waals surface area contributed by atoms with Crippen molar-refractivity contribution in [2.75, 3.05) is 25.7 Å². The first-order valence-corrected chi connectivity index (χ1v) is 9.35. The van der Waals surface area contributed by atoms with Gasteiger partial charge in [0.2, 0.25) is 0 Å². The average molecular weight is 337 g/mol. The first-order valence-electron chi connectivity index (χ1n) is 6.50. The highest BCUT2D eigenvalue weighted by molar-refractivity contribution is 8.21. The number of amides is 1. The lowest BCUT2D eigenvalue weighted by atomic mass is 10.1. The van der Waals surface area contributed by atoms with E-state index in [1.807, 2.05) is 26.4 Å². The fourth-order valence-corrected chi connectivity index (χ4v) is 3.51. The Morgan fingerprint density at radius 3 is 2.30 bits per heavy atom. The molecule has 0 aliphatic heterocycles. The molecular weight excluding hydrogens is 312 g/mol. The monoisotopic (exact) mass is 336 g/mol. The second-order valence-corrected chi connectivity index (χ2v) is 6.70. The van der Waals surface area contributed by atoms with Gasteiger partial charge < -0.3 is 10.4 Å². The van der Waals surface area contributed by atoms with Crippen molar-refractivity contribution in [3.8, 4) is 0 Å². The van der Waals surface area contributed by atoms with Gasteiger partial charge in [0.15, 0.2) is 5.11 Å². The maximum atomic E-state index is 12.3. The smallest absolute Gasteiger partial charge is 0.255 e. The first-order chi connectivity index (χ1) is 9.47. The van der Waals surface area contributed by atoms with Crippen molar-refractivity contribution in [1.29, 1.82) is 0 Å². The molecule has 0 atom stereocenters. The summed E-state index contributed by atoms with van der Waals surface area (Å²) in [7, 11) is 0. The lowest BCUT2D eigenvalue weighted by Crippen LogP contribution is -2.41. The number of aliphatic hydroxyl groups excluding tert-OH is 1. The topological polar surface area (TPSA) is 61.4 Å². The van der Waals surface area contributed by atoms with Gasteiger partial charge in [-0.25, -0.2) is 0 Å². The van der Waals surface area contributed by atoms with Crippen LogP contribution in [0.2, 0.25) is 0 Å². The molecule has 0 aromatic carbocycles. The molecule has 0 aromatic heterocycles. The molecule has 1 amide bonds. The summed E-state index contributed by atoms with van der Waals surface area (Å²) in [6.07, 6.45) is 5.48. The summed E-state index contributed by atoms with van der Waals surface area (Å²) >= 11 is 8.26. The molecule has 0 saturated heterocycles. The Kier molecular flexibility index (Phi) is 11.3. The van der Waals surface area contributed by atoms with E-state index in [4.69, 9.17) is 17.3 Å². The maximum Gasteiger partial charge on any atom is 0.255 e. The Morgan fingerprint density at radius 2 is 1.85 bits per heavy atom. The summed E-state index contributed by atoms with van der Waals surface area (Å²) in [5, 5.41) is 14.7. The van der Waals surface area contributed by atoms with Crippen LogP contribution < -0.4 is 10.6 Å². The molecule has 7 heteroatoms. The second-order valence-electron chi connectivity index (χ2n) is 4.40. The Labute approximate surface area is 135 Å². The molecule has 0 radical (unpaired) electrons. The van der Waals surface area contributed by atoms with E-state index >= 15 is 0 Å². The molecule has 0 spiro atoms. The summed E-state index contributed by atoms with van der Waals surface area (Å²) in [5.41, 5.74) is 0.768. The van der Waals surface area contributed by atoms with Crippen LogP contribution in [0.15, 0.2) is 9.81 Å². The summed E-state index contributed by atoms with van der Waals surface area (Å²) in [6.45, 7) is 4.82. The molecule has 116 valence electrons. The predicted molar refractivity (Wildman–Crippen MR) is 94.0 cm³/mol. The minimum absolute atomic E-state index is 0.140. The van der Waals surface area contributed by atoms with E-state index < -0.39 is 0 Å². The fourth-order valence-electron chi connectivity index (χ4n) is 1.55. The van der Waals surface area contributed by atoms with Crippen LogP contribution in [0, 0.1) is 5.92 Å². The van der Waals surface area contributed by atoms with Gasteiger partial charge in [0.25, 0.3) is 5.91 Å². The van der Waals surface area contributed by atoms with Crippen molar-refractivity contribution in [2.45, 2.75) is 26.7 Å².